The second kappa shape index (κ2) is 6.43. The smallest absolute Gasteiger partial charge is 0.251 e. The molecule has 18 heavy (non-hydrogen) atoms. The van der Waals surface area contributed by atoms with E-state index >= 15 is 0 Å². The number of benzene rings is 1. The van der Waals surface area contributed by atoms with Crippen LogP contribution in [0.1, 0.15) is 22.8 Å². The summed E-state index contributed by atoms with van der Waals surface area (Å²) in [4.78, 5) is 11.8. The number of nitrogens with zero attached hydrogens (tertiary/aromatic N) is 1. The molecule has 0 spiro atoms. The van der Waals surface area contributed by atoms with Crippen LogP contribution < -0.4 is 5.32 Å². The molecule has 1 rings (SSSR count). The first-order valence-electron chi connectivity index (χ1n) is 5.48. The lowest BCUT2D eigenvalue weighted by Crippen LogP contribution is -2.42. The molecule has 0 aliphatic rings. The van der Waals surface area contributed by atoms with Crippen molar-refractivity contribution in [3.63, 3.8) is 0 Å². The normalized spacial score (nSPS) is 13.4. The summed E-state index contributed by atoms with van der Waals surface area (Å²) in [6, 6.07) is 8.45. The molecule has 0 aromatic heterocycles. The number of amides is 1. The Morgan fingerprint density at radius 3 is 2.94 bits per heavy atom. The minimum Gasteiger partial charge on any atom is -0.387 e. The van der Waals surface area contributed by atoms with Crippen LogP contribution in [0.15, 0.2) is 24.3 Å². The molecule has 0 aliphatic heterocycles. The second-order valence-electron chi connectivity index (χ2n) is 4.31. The molecule has 1 atom stereocenters. The lowest BCUT2D eigenvalue weighted by Gasteiger charge is -2.22. The molecule has 0 saturated carbocycles. The molecule has 1 aromatic rings. The third-order valence-corrected chi connectivity index (χ3v) is 3.25. The minimum atomic E-state index is -0.929. The van der Waals surface area contributed by atoms with Crippen LogP contribution in [0.3, 0.4) is 0 Å². The van der Waals surface area contributed by atoms with E-state index in [2.05, 4.69) is 5.32 Å². The average Bonchev–Trinajstić information content (AvgIpc) is 2.36. The van der Waals surface area contributed by atoms with Gasteiger partial charge in [0, 0.05) is 17.9 Å². The average molecular weight is 264 g/mol. The minimum absolute atomic E-state index is 0.184. The third kappa shape index (κ3) is 4.40. The molecular weight excluding hydrogens is 248 g/mol. The number of carbonyl (C=O) groups is 1. The van der Waals surface area contributed by atoms with Crippen molar-refractivity contribution in [3.8, 4) is 6.07 Å². The number of aliphatic hydroxyl groups is 1. The van der Waals surface area contributed by atoms with Crippen LogP contribution in [0.25, 0.3) is 0 Å². The van der Waals surface area contributed by atoms with Crippen molar-refractivity contribution in [2.75, 3.05) is 18.6 Å². The van der Waals surface area contributed by atoms with Crippen LogP contribution in [0.5, 0.6) is 0 Å². The van der Waals surface area contributed by atoms with Crippen LogP contribution in [0.4, 0.5) is 0 Å². The van der Waals surface area contributed by atoms with Crippen LogP contribution in [0.2, 0.25) is 0 Å². The number of carbonyl (C=O) groups excluding carboxylic acids is 1. The fourth-order valence-corrected chi connectivity index (χ4v) is 2.19. The molecule has 0 unspecified atom stereocenters. The van der Waals surface area contributed by atoms with Gasteiger partial charge in [-0.15, -0.1) is 0 Å². The summed E-state index contributed by atoms with van der Waals surface area (Å²) in [5, 5.41) is 21.3. The van der Waals surface area contributed by atoms with Gasteiger partial charge >= 0.3 is 0 Å². The van der Waals surface area contributed by atoms with Gasteiger partial charge in [-0.05, 0) is 31.4 Å². The molecular formula is C13H16N2O2S. The Bertz CT molecular complexity index is 466. The van der Waals surface area contributed by atoms with Crippen LogP contribution >= 0.6 is 11.8 Å². The second-order valence-corrected chi connectivity index (χ2v) is 5.17. The largest absolute Gasteiger partial charge is 0.387 e. The number of nitrogens with one attached hydrogen (secondary N) is 1. The summed E-state index contributed by atoms with van der Waals surface area (Å²) in [6.45, 7) is 1.86. The van der Waals surface area contributed by atoms with Crippen LogP contribution in [-0.2, 0) is 0 Å². The molecule has 0 fully saturated rings. The highest BCUT2D eigenvalue weighted by atomic mass is 32.2. The van der Waals surface area contributed by atoms with Crippen molar-refractivity contribution in [2.45, 2.75) is 12.5 Å². The van der Waals surface area contributed by atoms with Crippen molar-refractivity contribution in [3.05, 3.63) is 35.4 Å². The van der Waals surface area contributed by atoms with E-state index in [0.717, 1.165) is 0 Å². The highest BCUT2D eigenvalue weighted by Gasteiger charge is 2.20. The van der Waals surface area contributed by atoms with Crippen LogP contribution in [-0.4, -0.2) is 35.2 Å². The number of hydrogen-bond donors (Lipinski definition) is 2. The van der Waals surface area contributed by atoms with Gasteiger partial charge in [0.25, 0.3) is 5.91 Å². The first-order chi connectivity index (χ1) is 8.48. The molecule has 0 aliphatic carbocycles. The van der Waals surface area contributed by atoms with Gasteiger partial charge in [0.15, 0.2) is 0 Å². The van der Waals surface area contributed by atoms with Gasteiger partial charge < -0.3 is 10.4 Å². The lowest BCUT2D eigenvalue weighted by atomic mass is 10.1. The van der Waals surface area contributed by atoms with Crippen molar-refractivity contribution in [2.24, 2.45) is 0 Å². The Morgan fingerprint density at radius 1 is 1.61 bits per heavy atom. The van der Waals surface area contributed by atoms with Gasteiger partial charge in [0.05, 0.1) is 17.2 Å². The molecule has 0 saturated heterocycles. The summed E-state index contributed by atoms with van der Waals surface area (Å²) in [5.74, 6) is 0.263. The molecule has 0 radical (unpaired) electrons. The Kier molecular flexibility index (Phi) is 5.20. The summed E-state index contributed by atoms with van der Waals surface area (Å²) < 4.78 is 0. The van der Waals surface area contributed by atoms with Crippen molar-refractivity contribution < 1.29 is 9.90 Å². The molecule has 96 valence electrons. The Morgan fingerprint density at radius 2 is 2.33 bits per heavy atom. The molecule has 0 bridgehead atoms. The van der Waals surface area contributed by atoms with Gasteiger partial charge in [-0.25, -0.2) is 0 Å². The third-order valence-electron chi connectivity index (χ3n) is 2.34. The Balaban J connectivity index is 2.63. The van der Waals surface area contributed by atoms with Crippen molar-refractivity contribution in [1.29, 1.82) is 5.26 Å². The summed E-state index contributed by atoms with van der Waals surface area (Å²) in [7, 11) is 0. The summed E-state index contributed by atoms with van der Waals surface area (Å²) in [6.07, 6.45) is 1.90. The van der Waals surface area contributed by atoms with E-state index in [1.165, 1.54) is 17.8 Å². The Labute approximate surface area is 111 Å². The summed E-state index contributed by atoms with van der Waals surface area (Å²) in [5.41, 5.74) is -0.0606. The van der Waals surface area contributed by atoms with Crippen molar-refractivity contribution >= 4 is 17.7 Å². The summed E-state index contributed by atoms with van der Waals surface area (Å²) >= 11 is 1.52. The molecule has 0 heterocycles. The molecule has 2 N–H and O–H groups in total. The molecule has 1 amide bonds. The quantitative estimate of drug-likeness (QED) is 0.843. The maximum Gasteiger partial charge on any atom is 0.251 e. The number of hydrogen-bond acceptors (Lipinski definition) is 4. The molecule has 4 nitrogen and oxygen atoms in total. The number of nitriles is 1. The fraction of sp³-hybridized carbons (Fsp3) is 0.385. The topological polar surface area (TPSA) is 73.1 Å². The van der Waals surface area contributed by atoms with E-state index in [0.29, 0.717) is 16.9 Å². The van der Waals surface area contributed by atoms with Gasteiger partial charge in [0.2, 0.25) is 0 Å². The van der Waals surface area contributed by atoms with E-state index in [1.54, 1.807) is 25.1 Å². The van der Waals surface area contributed by atoms with E-state index < -0.39 is 5.60 Å². The van der Waals surface area contributed by atoms with E-state index in [1.807, 2.05) is 12.3 Å². The predicted molar refractivity (Wildman–Crippen MR) is 72.5 cm³/mol. The fourth-order valence-electron chi connectivity index (χ4n) is 1.46. The highest BCUT2D eigenvalue weighted by molar-refractivity contribution is 7.98. The highest BCUT2D eigenvalue weighted by Crippen LogP contribution is 2.10. The first kappa shape index (κ1) is 14.6. The van der Waals surface area contributed by atoms with E-state index in [-0.39, 0.29) is 12.5 Å². The number of rotatable bonds is 5. The number of thioether (sulfide) groups is 1. The van der Waals surface area contributed by atoms with E-state index in [4.69, 9.17) is 5.26 Å². The van der Waals surface area contributed by atoms with Crippen molar-refractivity contribution in [1.82, 2.24) is 5.32 Å². The van der Waals surface area contributed by atoms with Gasteiger partial charge in [-0.3, -0.25) is 4.79 Å². The predicted octanol–water partition coefficient (Wildman–Crippen LogP) is 1.40. The zero-order chi connectivity index (χ0) is 13.6. The van der Waals surface area contributed by atoms with Gasteiger partial charge in [-0.1, -0.05) is 6.07 Å². The SMILES string of the molecule is CSC[C@@](C)(O)CNC(=O)c1cccc(C#N)c1. The molecule has 1 aromatic carbocycles. The lowest BCUT2D eigenvalue weighted by molar-refractivity contribution is 0.0725. The van der Waals surface area contributed by atoms with Gasteiger partial charge in [-0.2, -0.15) is 17.0 Å². The van der Waals surface area contributed by atoms with Gasteiger partial charge in [0.1, 0.15) is 0 Å². The zero-order valence-electron chi connectivity index (χ0n) is 10.4. The van der Waals surface area contributed by atoms with E-state index in [9.17, 15) is 9.90 Å². The standard InChI is InChI=1S/C13H16N2O2S/c1-13(17,9-18-2)8-15-12(16)11-5-3-4-10(6-11)7-14/h3-6,17H,8-9H2,1-2H3,(H,15,16)/t13-/m0/s1. The van der Waals surface area contributed by atoms with Crippen LogP contribution in [0, 0.1) is 11.3 Å². The molecule has 5 heteroatoms. The maximum absolute atomic E-state index is 11.8. The first-order valence-corrected chi connectivity index (χ1v) is 6.87. The Hall–Kier alpha value is -1.51. The zero-order valence-corrected chi connectivity index (χ0v) is 11.3. The monoisotopic (exact) mass is 264 g/mol. The maximum atomic E-state index is 11.8.